The van der Waals surface area contributed by atoms with E-state index in [1.165, 1.54) is 25.1 Å². The zero-order valence-electron chi connectivity index (χ0n) is 20.4. The van der Waals surface area contributed by atoms with Crippen LogP contribution in [0, 0.1) is 0 Å². The molecule has 2 aromatic heterocycles. The Balaban J connectivity index is 1.25. The Bertz CT molecular complexity index is 1360. The van der Waals surface area contributed by atoms with Crippen LogP contribution in [0.5, 0.6) is 11.5 Å². The molecule has 0 aliphatic heterocycles. The third-order valence-electron chi connectivity index (χ3n) is 5.71. The zero-order valence-corrected chi connectivity index (χ0v) is 20.4. The summed E-state index contributed by atoms with van der Waals surface area (Å²) in [4.78, 5) is 29.6. The molecule has 0 bridgehead atoms. The first kappa shape index (κ1) is 25.0. The van der Waals surface area contributed by atoms with E-state index in [9.17, 15) is 9.59 Å². The van der Waals surface area contributed by atoms with E-state index in [-0.39, 0.29) is 11.5 Å². The van der Waals surface area contributed by atoms with Crippen molar-refractivity contribution in [2.24, 2.45) is 0 Å². The number of aromatic nitrogens is 2. The number of benzene rings is 2. The molecule has 0 aliphatic carbocycles. The summed E-state index contributed by atoms with van der Waals surface area (Å²) in [7, 11) is 3.05. The molecule has 0 unspecified atom stereocenters. The molecule has 0 aliphatic rings. The smallest absolute Gasteiger partial charge is 0.261 e. The normalized spacial score (nSPS) is 10.9. The Labute approximate surface area is 208 Å². The summed E-state index contributed by atoms with van der Waals surface area (Å²) in [6.07, 6.45) is 3.91. The van der Waals surface area contributed by atoms with Crippen molar-refractivity contribution in [3.8, 4) is 11.5 Å². The highest BCUT2D eigenvalue weighted by molar-refractivity contribution is 5.81. The van der Waals surface area contributed by atoms with E-state index in [0.29, 0.717) is 61.5 Å². The van der Waals surface area contributed by atoms with Gasteiger partial charge in [0.25, 0.3) is 5.56 Å². The van der Waals surface area contributed by atoms with Crippen LogP contribution in [0.2, 0.25) is 0 Å². The van der Waals surface area contributed by atoms with E-state index < -0.39 is 0 Å². The summed E-state index contributed by atoms with van der Waals surface area (Å²) in [5, 5.41) is 3.37. The lowest BCUT2D eigenvalue weighted by Crippen LogP contribution is -2.25. The molecule has 36 heavy (non-hydrogen) atoms. The fourth-order valence-corrected chi connectivity index (χ4v) is 3.84. The zero-order chi connectivity index (χ0) is 25.3. The molecule has 9 nitrogen and oxygen atoms in total. The van der Waals surface area contributed by atoms with Crippen molar-refractivity contribution in [2.75, 3.05) is 14.2 Å². The van der Waals surface area contributed by atoms with E-state index in [2.05, 4.69) is 10.3 Å². The van der Waals surface area contributed by atoms with Crippen LogP contribution in [0.4, 0.5) is 0 Å². The first-order valence-electron chi connectivity index (χ1n) is 11.6. The van der Waals surface area contributed by atoms with Gasteiger partial charge in [0, 0.05) is 25.6 Å². The SMILES string of the molecule is COc1cc2ncn(CCCC(=O)NCc3cccc(COCc4ccco4)c3)c(=O)c2cc1OC. The number of nitrogens with zero attached hydrogens (tertiary/aromatic N) is 2. The number of fused-ring (bicyclic) bond motifs is 1. The lowest BCUT2D eigenvalue weighted by atomic mass is 10.1. The first-order valence-corrected chi connectivity index (χ1v) is 11.6. The van der Waals surface area contributed by atoms with Crippen LogP contribution in [0.1, 0.15) is 29.7 Å². The molecule has 0 fully saturated rings. The number of ether oxygens (including phenoxy) is 3. The Kier molecular flexibility index (Phi) is 8.36. The van der Waals surface area contributed by atoms with Crippen molar-refractivity contribution in [2.45, 2.75) is 39.1 Å². The number of methoxy groups -OCH3 is 2. The van der Waals surface area contributed by atoms with Gasteiger partial charge in [-0.1, -0.05) is 24.3 Å². The van der Waals surface area contributed by atoms with Crippen LogP contribution in [0.25, 0.3) is 10.9 Å². The molecule has 4 aromatic rings. The Morgan fingerprint density at radius 2 is 1.83 bits per heavy atom. The van der Waals surface area contributed by atoms with Gasteiger partial charge < -0.3 is 23.9 Å². The quantitative estimate of drug-likeness (QED) is 0.321. The number of nitrogens with one attached hydrogen (secondary N) is 1. The number of carbonyl (C=O) groups is 1. The van der Waals surface area contributed by atoms with Crippen molar-refractivity contribution in [1.82, 2.24) is 14.9 Å². The minimum atomic E-state index is -0.188. The molecule has 0 saturated carbocycles. The summed E-state index contributed by atoms with van der Waals surface area (Å²) in [5.74, 6) is 1.68. The molecule has 1 N–H and O–H groups in total. The van der Waals surface area contributed by atoms with Gasteiger partial charge in [-0.2, -0.15) is 0 Å². The average Bonchev–Trinajstić information content (AvgIpc) is 3.42. The minimum absolute atomic E-state index is 0.0809. The summed E-state index contributed by atoms with van der Waals surface area (Å²) in [6.45, 7) is 1.66. The predicted molar refractivity (Wildman–Crippen MR) is 134 cm³/mol. The van der Waals surface area contributed by atoms with Crippen LogP contribution < -0.4 is 20.3 Å². The molecule has 1 amide bonds. The summed E-state index contributed by atoms with van der Waals surface area (Å²) in [6, 6.07) is 14.9. The molecule has 2 heterocycles. The monoisotopic (exact) mass is 491 g/mol. The van der Waals surface area contributed by atoms with Crippen LogP contribution >= 0.6 is 0 Å². The number of rotatable bonds is 12. The molecule has 188 valence electrons. The largest absolute Gasteiger partial charge is 0.493 e. The van der Waals surface area contributed by atoms with Gasteiger partial charge in [0.05, 0.1) is 44.3 Å². The summed E-state index contributed by atoms with van der Waals surface area (Å²) in [5.41, 5.74) is 2.35. The number of hydrogen-bond donors (Lipinski definition) is 1. The Hall–Kier alpha value is -4.11. The Morgan fingerprint density at radius 1 is 1.03 bits per heavy atom. The topological polar surface area (TPSA) is 105 Å². The average molecular weight is 492 g/mol. The molecule has 2 aromatic carbocycles. The van der Waals surface area contributed by atoms with Gasteiger partial charge in [-0.05, 0) is 35.7 Å². The van der Waals surface area contributed by atoms with Crippen molar-refractivity contribution < 1.29 is 23.4 Å². The number of furan rings is 1. The van der Waals surface area contributed by atoms with Crippen LogP contribution in [-0.2, 0) is 35.8 Å². The number of hydrogen-bond acceptors (Lipinski definition) is 7. The van der Waals surface area contributed by atoms with Gasteiger partial charge in [0.15, 0.2) is 11.5 Å². The third-order valence-corrected chi connectivity index (χ3v) is 5.71. The van der Waals surface area contributed by atoms with Gasteiger partial charge in [0.2, 0.25) is 5.91 Å². The van der Waals surface area contributed by atoms with Crippen molar-refractivity contribution in [1.29, 1.82) is 0 Å². The highest BCUT2D eigenvalue weighted by Crippen LogP contribution is 2.29. The summed E-state index contributed by atoms with van der Waals surface area (Å²) >= 11 is 0. The van der Waals surface area contributed by atoms with Gasteiger partial charge in [-0.15, -0.1) is 0 Å². The lowest BCUT2D eigenvalue weighted by molar-refractivity contribution is -0.121. The van der Waals surface area contributed by atoms with E-state index in [1.807, 2.05) is 36.4 Å². The van der Waals surface area contributed by atoms with E-state index in [0.717, 1.165) is 16.9 Å². The first-order chi connectivity index (χ1) is 17.6. The van der Waals surface area contributed by atoms with Crippen LogP contribution in [-0.4, -0.2) is 29.7 Å². The summed E-state index contributed by atoms with van der Waals surface area (Å²) < 4.78 is 23.0. The second kappa shape index (κ2) is 12.0. The van der Waals surface area contributed by atoms with Crippen molar-refractivity contribution in [3.05, 3.63) is 88.4 Å². The lowest BCUT2D eigenvalue weighted by Gasteiger charge is -2.11. The number of carbonyl (C=O) groups excluding carboxylic acids is 1. The standard InChI is InChI=1S/C27H29N3O6/c1-33-24-13-22-23(14-25(24)34-2)29-18-30(27(22)32)10-4-9-26(31)28-15-19-6-3-7-20(12-19)16-35-17-21-8-5-11-36-21/h3,5-8,11-14,18H,4,9-10,15-17H2,1-2H3,(H,28,31). The molecule has 9 heteroatoms. The fraction of sp³-hybridized carbons (Fsp3) is 0.296. The van der Waals surface area contributed by atoms with E-state index in [4.69, 9.17) is 18.6 Å². The van der Waals surface area contributed by atoms with Gasteiger partial charge >= 0.3 is 0 Å². The van der Waals surface area contributed by atoms with Crippen LogP contribution in [0.15, 0.2) is 70.3 Å². The number of aryl methyl sites for hydroxylation is 1. The predicted octanol–water partition coefficient (Wildman–Crippen LogP) is 3.82. The van der Waals surface area contributed by atoms with Gasteiger partial charge in [0.1, 0.15) is 12.4 Å². The maximum Gasteiger partial charge on any atom is 0.261 e. The van der Waals surface area contributed by atoms with E-state index in [1.54, 1.807) is 18.4 Å². The van der Waals surface area contributed by atoms with E-state index >= 15 is 0 Å². The minimum Gasteiger partial charge on any atom is -0.493 e. The second-order valence-electron chi connectivity index (χ2n) is 8.24. The maximum absolute atomic E-state index is 12.9. The molecule has 0 atom stereocenters. The fourth-order valence-electron chi connectivity index (χ4n) is 3.84. The maximum atomic E-state index is 12.9. The van der Waals surface area contributed by atoms with Gasteiger partial charge in [-0.3, -0.25) is 14.2 Å². The highest BCUT2D eigenvalue weighted by atomic mass is 16.5. The molecule has 4 rings (SSSR count). The second-order valence-corrected chi connectivity index (χ2v) is 8.24. The number of amides is 1. The molecule has 0 saturated heterocycles. The van der Waals surface area contributed by atoms with Crippen LogP contribution in [0.3, 0.4) is 0 Å². The molecular formula is C27H29N3O6. The van der Waals surface area contributed by atoms with Crippen molar-refractivity contribution >= 4 is 16.8 Å². The van der Waals surface area contributed by atoms with Gasteiger partial charge in [-0.25, -0.2) is 4.98 Å². The Morgan fingerprint density at radius 3 is 2.61 bits per heavy atom. The van der Waals surface area contributed by atoms with Crippen molar-refractivity contribution in [3.63, 3.8) is 0 Å². The molecular weight excluding hydrogens is 462 g/mol. The third kappa shape index (κ3) is 6.31. The highest BCUT2D eigenvalue weighted by Gasteiger charge is 2.11. The molecule has 0 spiro atoms. The molecule has 0 radical (unpaired) electrons.